The lowest BCUT2D eigenvalue weighted by Crippen LogP contribution is -2.36. The van der Waals surface area contributed by atoms with Gasteiger partial charge >= 0.3 is 0 Å². The second-order valence-corrected chi connectivity index (χ2v) is 6.29. The van der Waals surface area contributed by atoms with Gasteiger partial charge in [-0.25, -0.2) is 18.1 Å². The molecule has 0 aromatic carbocycles. The van der Waals surface area contributed by atoms with E-state index in [0.29, 0.717) is 0 Å². The molecule has 1 aliphatic heterocycles. The Labute approximate surface area is 106 Å². The highest BCUT2D eigenvalue weighted by Crippen LogP contribution is 2.14. The lowest BCUT2D eigenvalue weighted by molar-refractivity contribution is 0.407. The number of hydrogen-bond donors (Lipinski definition) is 1. The van der Waals surface area contributed by atoms with Crippen LogP contribution < -0.4 is 4.72 Å². The molecule has 0 saturated carbocycles. The number of halogens is 1. The van der Waals surface area contributed by atoms with Gasteiger partial charge in [0.1, 0.15) is 10.0 Å². The fourth-order valence-electron chi connectivity index (χ4n) is 1.84. The Hall–Kier alpha value is -0.690. The van der Waals surface area contributed by atoms with Gasteiger partial charge in [0.05, 0.1) is 0 Å². The van der Waals surface area contributed by atoms with Crippen LogP contribution in [0.4, 0.5) is 0 Å². The summed E-state index contributed by atoms with van der Waals surface area (Å²) >= 11 is 5.62. The van der Waals surface area contributed by atoms with Crippen molar-refractivity contribution in [2.45, 2.75) is 17.4 Å². The summed E-state index contributed by atoms with van der Waals surface area (Å²) < 4.78 is 26.7. The van der Waals surface area contributed by atoms with Gasteiger partial charge in [-0.05, 0) is 32.1 Å². The second-order valence-electron chi connectivity index (χ2n) is 4.19. The molecule has 7 heteroatoms. The first-order chi connectivity index (χ1) is 7.97. The molecular weight excluding hydrogens is 262 g/mol. The molecule has 0 spiro atoms. The number of rotatable bonds is 3. The van der Waals surface area contributed by atoms with Crippen molar-refractivity contribution in [2.75, 3.05) is 20.1 Å². The Bertz CT molecular complexity index is 489. The van der Waals surface area contributed by atoms with Crippen molar-refractivity contribution < 1.29 is 8.42 Å². The van der Waals surface area contributed by atoms with Gasteiger partial charge in [0.25, 0.3) is 0 Å². The molecule has 1 unspecified atom stereocenters. The minimum Gasteiger partial charge on any atom is -0.305 e. The summed E-state index contributed by atoms with van der Waals surface area (Å²) in [6.07, 6.45) is 2.10. The van der Waals surface area contributed by atoms with Gasteiger partial charge in [0.2, 0.25) is 10.0 Å². The standard InChI is InChI=1S/C10H14ClN3O2S/c1-14-5-4-8(7-14)13-17(15,16)9-2-3-10(11)12-6-9/h2-3,6,8,13H,4-5,7H2,1H3. The first-order valence-corrected chi connectivity index (χ1v) is 7.16. The largest absolute Gasteiger partial charge is 0.305 e. The van der Waals surface area contributed by atoms with E-state index in [1.807, 2.05) is 7.05 Å². The average molecular weight is 276 g/mol. The predicted molar refractivity (Wildman–Crippen MR) is 65.5 cm³/mol. The van der Waals surface area contributed by atoms with E-state index in [9.17, 15) is 8.42 Å². The third-order valence-electron chi connectivity index (χ3n) is 2.72. The smallest absolute Gasteiger partial charge is 0.242 e. The summed E-state index contributed by atoms with van der Waals surface area (Å²) in [5, 5.41) is 0.282. The van der Waals surface area contributed by atoms with E-state index in [1.54, 1.807) is 0 Å². The summed E-state index contributed by atoms with van der Waals surface area (Å²) in [5.41, 5.74) is 0. The fraction of sp³-hybridized carbons (Fsp3) is 0.500. The number of likely N-dealkylation sites (tertiary alicyclic amines) is 1. The van der Waals surface area contributed by atoms with Crippen LogP contribution in [0.15, 0.2) is 23.2 Å². The molecule has 5 nitrogen and oxygen atoms in total. The van der Waals surface area contributed by atoms with Gasteiger partial charge in [-0.1, -0.05) is 11.6 Å². The molecule has 1 aliphatic rings. The maximum Gasteiger partial charge on any atom is 0.242 e. The van der Waals surface area contributed by atoms with Crippen molar-refractivity contribution in [3.8, 4) is 0 Å². The molecule has 94 valence electrons. The normalized spacial score (nSPS) is 21.9. The van der Waals surface area contributed by atoms with Crippen LogP contribution >= 0.6 is 11.6 Å². The van der Waals surface area contributed by atoms with Crippen molar-refractivity contribution in [1.82, 2.24) is 14.6 Å². The molecule has 2 heterocycles. The second kappa shape index (κ2) is 4.89. The highest BCUT2D eigenvalue weighted by Gasteiger charge is 2.25. The Kier molecular flexibility index (Phi) is 3.67. The monoisotopic (exact) mass is 275 g/mol. The topological polar surface area (TPSA) is 62.3 Å². The summed E-state index contributed by atoms with van der Waals surface area (Å²) in [6, 6.07) is 2.90. The zero-order valence-electron chi connectivity index (χ0n) is 9.43. The van der Waals surface area contributed by atoms with Crippen LogP contribution in [-0.2, 0) is 10.0 Å². The number of aromatic nitrogens is 1. The Balaban J connectivity index is 2.11. The lowest BCUT2D eigenvalue weighted by Gasteiger charge is -2.13. The van der Waals surface area contributed by atoms with Crippen LogP contribution in [-0.4, -0.2) is 44.5 Å². The summed E-state index contributed by atoms with van der Waals surface area (Å²) in [6.45, 7) is 1.65. The maximum absolute atomic E-state index is 12.0. The molecule has 1 saturated heterocycles. The zero-order chi connectivity index (χ0) is 12.5. The van der Waals surface area contributed by atoms with Crippen LogP contribution in [0, 0.1) is 0 Å². The number of sulfonamides is 1. The Morgan fingerprint density at radius 1 is 1.53 bits per heavy atom. The summed E-state index contributed by atoms with van der Waals surface area (Å²) in [4.78, 5) is 6.01. The molecule has 1 aromatic heterocycles. The molecule has 1 aromatic rings. The van der Waals surface area contributed by atoms with Crippen LogP contribution in [0.2, 0.25) is 5.15 Å². The molecule has 2 rings (SSSR count). The van der Waals surface area contributed by atoms with Crippen molar-refractivity contribution in [2.24, 2.45) is 0 Å². The third kappa shape index (κ3) is 3.16. The first kappa shape index (κ1) is 12.8. The Morgan fingerprint density at radius 3 is 2.82 bits per heavy atom. The van der Waals surface area contributed by atoms with Crippen molar-refractivity contribution >= 4 is 21.6 Å². The van der Waals surface area contributed by atoms with Crippen LogP contribution in [0.25, 0.3) is 0 Å². The van der Waals surface area contributed by atoms with Crippen LogP contribution in [0.1, 0.15) is 6.42 Å². The first-order valence-electron chi connectivity index (χ1n) is 5.30. The molecule has 0 radical (unpaired) electrons. The quantitative estimate of drug-likeness (QED) is 0.826. The number of pyridine rings is 1. The minimum atomic E-state index is -3.48. The average Bonchev–Trinajstić information content (AvgIpc) is 2.63. The van der Waals surface area contributed by atoms with Gasteiger partial charge in [0.15, 0.2) is 0 Å². The van der Waals surface area contributed by atoms with Crippen molar-refractivity contribution in [3.63, 3.8) is 0 Å². The molecule has 0 aliphatic carbocycles. The number of nitrogens with one attached hydrogen (secondary N) is 1. The van der Waals surface area contributed by atoms with Crippen molar-refractivity contribution in [3.05, 3.63) is 23.5 Å². The van der Waals surface area contributed by atoms with E-state index in [2.05, 4.69) is 14.6 Å². The summed E-state index contributed by atoms with van der Waals surface area (Å²) in [5.74, 6) is 0. The number of nitrogens with zero attached hydrogens (tertiary/aromatic N) is 2. The van der Waals surface area contributed by atoms with Gasteiger partial charge < -0.3 is 4.90 Å². The summed E-state index contributed by atoms with van der Waals surface area (Å²) in [7, 11) is -1.51. The van der Waals surface area contributed by atoms with Gasteiger partial charge in [-0.2, -0.15) is 0 Å². The van der Waals surface area contributed by atoms with Crippen LogP contribution in [0.3, 0.4) is 0 Å². The molecular formula is C10H14ClN3O2S. The maximum atomic E-state index is 12.0. The Morgan fingerprint density at radius 2 is 2.29 bits per heavy atom. The molecule has 17 heavy (non-hydrogen) atoms. The minimum absolute atomic E-state index is 0.0271. The van der Waals surface area contributed by atoms with Crippen LogP contribution in [0.5, 0.6) is 0 Å². The zero-order valence-corrected chi connectivity index (χ0v) is 11.0. The molecule has 0 amide bonds. The van der Waals surface area contributed by atoms with Gasteiger partial charge in [-0.15, -0.1) is 0 Å². The highest BCUT2D eigenvalue weighted by molar-refractivity contribution is 7.89. The van der Waals surface area contributed by atoms with E-state index in [1.165, 1.54) is 18.3 Å². The third-order valence-corrected chi connectivity index (χ3v) is 4.45. The molecule has 1 N–H and O–H groups in total. The molecule has 1 fully saturated rings. The molecule has 0 bridgehead atoms. The van der Waals surface area contributed by atoms with Crippen molar-refractivity contribution in [1.29, 1.82) is 0 Å². The van der Waals surface area contributed by atoms with E-state index in [0.717, 1.165) is 19.5 Å². The van der Waals surface area contributed by atoms with E-state index < -0.39 is 10.0 Å². The van der Waals surface area contributed by atoms with E-state index in [-0.39, 0.29) is 16.1 Å². The number of hydrogen-bond acceptors (Lipinski definition) is 4. The number of likely N-dealkylation sites (N-methyl/N-ethyl adjacent to an activating group) is 1. The SMILES string of the molecule is CN1CCC(NS(=O)(=O)c2ccc(Cl)nc2)C1. The van der Waals surface area contributed by atoms with Gasteiger partial charge in [0, 0.05) is 18.8 Å². The molecule has 1 atom stereocenters. The predicted octanol–water partition coefficient (Wildman–Crippen LogP) is 0.717. The highest BCUT2D eigenvalue weighted by atomic mass is 35.5. The lowest BCUT2D eigenvalue weighted by atomic mass is 10.3. The van der Waals surface area contributed by atoms with E-state index in [4.69, 9.17) is 11.6 Å². The fourth-order valence-corrected chi connectivity index (χ4v) is 3.16. The van der Waals surface area contributed by atoms with Gasteiger partial charge in [-0.3, -0.25) is 0 Å². The van der Waals surface area contributed by atoms with E-state index >= 15 is 0 Å².